The van der Waals surface area contributed by atoms with Crippen molar-refractivity contribution in [2.45, 2.75) is 37.6 Å². The summed E-state index contributed by atoms with van der Waals surface area (Å²) in [5.74, 6) is 0.152. The van der Waals surface area contributed by atoms with Crippen molar-refractivity contribution in [3.63, 3.8) is 0 Å². The van der Waals surface area contributed by atoms with Crippen molar-refractivity contribution in [2.75, 3.05) is 13.7 Å². The van der Waals surface area contributed by atoms with Crippen molar-refractivity contribution in [3.8, 4) is 5.75 Å². The highest BCUT2D eigenvalue weighted by Gasteiger charge is 2.47. The number of hydrogen-bond donors (Lipinski definition) is 3. The Hall–Kier alpha value is -2.26. The van der Waals surface area contributed by atoms with E-state index in [9.17, 15) is 15.0 Å². The summed E-state index contributed by atoms with van der Waals surface area (Å²) >= 11 is 0. The molecule has 1 fully saturated rings. The molecule has 8 nitrogen and oxygen atoms in total. The lowest BCUT2D eigenvalue weighted by Crippen LogP contribution is -2.65. The minimum Gasteiger partial charge on any atom is -0.462 e. The Bertz CT molecular complexity index is 765. The van der Waals surface area contributed by atoms with Gasteiger partial charge < -0.3 is 29.7 Å². The lowest BCUT2D eigenvalue weighted by Gasteiger charge is -2.43. The van der Waals surface area contributed by atoms with E-state index in [1.165, 1.54) is 14.0 Å². The van der Waals surface area contributed by atoms with Crippen LogP contribution in [0.5, 0.6) is 5.75 Å². The van der Waals surface area contributed by atoms with Crippen LogP contribution in [-0.4, -0.2) is 65.5 Å². The number of carbonyl (C=O) groups is 1. The third-order valence-electron chi connectivity index (χ3n) is 4.38. The van der Waals surface area contributed by atoms with Gasteiger partial charge in [-0.25, -0.2) is 0 Å². The van der Waals surface area contributed by atoms with E-state index in [2.05, 4.69) is 10.3 Å². The van der Waals surface area contributed by atoms with Crippen LogP contribution >= 0.6 is 0 Å². The normalized spacial score (nSPS) is 28.7. The Morgan fingerprint density at radius 1 is 1.38 bits per heavy atom. The Balaban J connectivity index is 1.92. The molecule has 8 heteroatoms. The first-order valence-corrected chi connectivity index (χ1v) is 8.29. The van der Waals surface area contributed by atoms with Gasteiger partial charge in [0.15, 0.2) is 0 Å². The number of nitrogens with zero attached hydrogens (tertiary/aromatic N) is 1. The third-order valence-corrected chi connectivity index (χ3v) is 4.38. The van der Waals surface area contributed by atoms with Crippen molar-refractivity contribution >= 4 is 16.7 Å². The van der Waals surface area contributed by atoms with Crippen molar-refractivity contribution in [1.82, 2.24) is 10.3 Å². The topological polar surface area (TPSA) is 110 Å². The van der Waals surface area contributed by atoms with Crippen LogP contribution < -0.4 is 10.1 Å². The molecule has 2 heterocycles. The fourth-order valence-corrected chi connectivity index (χ4v) is 3.16. The quantitative estimate of drug-likeness (QED) is 0.697. The Kier molecular flexibility index (Phi) is 5.67. The molecule has 5 unspecified atom stereocenters. The Morgan fingerprint density at radius 2 is 2.19 bits per heavy atom. The van der Waals surface area contributed by atoms with Crippen LogP contribution in [0.15, 0.2) is 36.7 Å². The van der Waals surface area contributed by atoms with Crippen molar-refractivity contribution in [1.29, 1.82) is 0 Å². The SMILES string of the molecule is COC1C(CO)OC(Oc2cccc3ccncc23)C(NC(C)=O)C1O. The molecular formula is C18H22N2O6. The zero-order chi connectivity index (χ0) is 18.7. The van der Waals surface area contributed by atoms with Gasteiger partial charge in [0.2, 0.25) is 12.2 Å². The average Bonchev–Trinajstić information content (AvgIpc) is 2.64. The van der Waals surface area contributed by atoms with Gasteiger partial charge in [-0.05, 0) is 17.5 Å². The van der Waals surface area contributed by atoms with Crippen LogP contribution in [0.4, 0.5) is 0 Å². The number of aliphatic hydroxyl groups excluding tert-OH is 2. The summed E-state index contributed by atoms with van der Waals surface area (Å²) in [4.78, 5) is 15.7. The number of aromatic nitrogens is 1. The van der Waals surface area contributed by atoms with E-state index < -0.39 is 30.6 Å². The van der Waals surface area contributed by atoms with Crippen LogP contribution in [0.2, 0.25) is 0 Å². The second-order valence-electron chi connectivity index (χ2n) is 6.11. The number of carbonyl (C=O) groups excluding carboxylic acids is 1. The molecule has 1 aliphatic heterocycles. The fraction of sp³-hybridized carbons (Fsp3) is 0.444. The number of rotatable bonds is 5. The van der Waals surface area contributed by atoms with Crippen LogP contribution in [0.3, 0.4) is 0 Å². The van der Waals surface area contributed by atoms with Gasteiger partial charge in [-0.3, -0.25) is 9.78 Å². The van der Waals surface area contributed by atoms with Gasteiger partial charge in [0.25, 0.3) is 0 Å². The molecule has 1 aliphatic rings. The molecular weight excluding hydrogens is 340 g/mol. The van der Waals surface area contributed by atoms with Crippen LogP contribution in [0.1, 0.15) is 6.92 Å². The van der Waals surface area contributed by atoms with Gasteiger partial charge in [0.05, 0.1) is 6.61 Å². The number of methoxy groups -OCH3 is 1. The molecule has 2 aromatic rings. The minimum absolute atomic E-state index is 0.344. The molecule has 0 bridgehead atoms. The van der Waals surface area contributed by atoms with Crippen LogP contribution in [0, 0.1) is 0 Å². The largest absolute Gasteiger partial charge is 0.462 e. The van der Waals surface area contributed by atoms with Crippen molar-refractivity contribution in [3.05, 3.63) is 36.7 Å². The highest BCUT2D eigenvalue weighted by Crippen LogP contribution is 2.30. The van der Waals surface area contributed by atoms with E-state index in [0.29, 0.717) is 5.75 Å². The average molecular weight is 362 g/mol. The van der Waals surface area contributed by atoms with Gasteiger partial charge in [0.1, 0.15) is 30.1 Å². The third kappa shape index (κ3) is 3.63. The first-order chi connectivity index (χ1) is 12.5. The molecule has 1 amide bonds. The van der Waals surface area contributed by atoms with Crippen LogP contribution in [0.25, 0.3) is 10.8 Å². The zero-order valence-electron chi connectivity index (χ0n) is 14.5. The van der Waals surface area contributed by atoms with Crippen molar-refractivity contribution < 1.29 is 29.2 Å². The van der Waals surface area contributed by atoms with Gasteiger partial charge in [0, 0.05) is 31.8 Å². The van der Waals surface area contributed by atoms with E-state index in [-0.39, 0.29) is 12.5 Å². The minimum atomic E-state index is -1.12. The molecule has 0 spiro atoms. The first kappa shape index (κ1) is 18.5. The molecule has 0 aliphatic carbocycles. The van der Waals surface area contributed by atoms with E-state index in [1.807, 2.05) is 18.2 Å². The van der Waals surface area contributed by atoms with Gasteiger partial charge >= 0.3 is 0 Å². The van der Waals surface area contributed by atoms with Gasteiger partial charge in [-0.2, -0.15) is 0 Å². The molecule has 1 aromatic carbocycles. The molecule has 26 heavy (non-hydrogen) atoms. The molecule has 5 atom stereocenters. The number of benzene rings is 1. The number of amides is 1. The van der Waals surface area contributed by atoms with E-state index in [0.717, 1.165) is 10.8 Å². The second-order valence-corrected chi connectivity index (χ2v) is 6.11. The molecule has 0 saturated carbocycles. The number of aliphatic hydroxyl groups is 2. The summed E-state index contributed by atoms with van der Waals surface area (Å²) in [6.45, 7) is 0.977. The molecule has 1 saturated heterocycles. The maximum Gasteiger partial charge on any atom is 0.223 e. The molecule has 3 rings (SSSR count). The first-order valence-electron chi connectivity index (χ1n) is 8.29. The highest BCUT2D eigenvalue weighted by molar-refractivity contribution is 5.87. The highest BCUT2D eigenvalue weighted by atomic mass is 16.7. The Labute approximate surface area is 150 Å². The summed E-state index contributed by atoms with van der Waals surface area (Å²) in [6, 6.07) is 6.48. The molecule has 0 radical (unpaired) electrons. The summed E-state index contributed by atoms with van der Waals surface area (Å²) in [7, 11) is 1.41. The van der Waals surface area contributed by atoms with Gasteiger partial charge in [-0.15, -0.1) is 0 Å². The Morgan fingerprint density at radius 3 is 2.88 bits per heavy atom. The predicted molar refractivity (Wildman–Crippen MR) is 92.5 cm³/mol. The van der Waals surface area contributed by atoms with E-state index in [4.69, 9.17) is 14.2 Å². The molecule has 1 aromatic heterocycles. The summed E-state index contributed by atoms with van der Waals surface area (Å²) in [6.07, 6.45) is -0.378. The number of nitrogens with one attached hydrogen (secondary N) is 1. The maximum atomic E-state index is 11.6. The molecule has 140 valence electrons. The van der Waals surface area contributed by atoms with Crippen LogP contribution in [-0.2, 0) is 14.3 Å². The van der Waals surface area contributed by atoms with Gasteiger partial charge in [-0.1, -0.05) is 12.1 Å². The monoisotopic (exact) mass is 362 g/mol. The molecule has 3 N–H and O–H groups in total. The number of hydrogen-bond acceptors (Lipinski definition) is 7. The lowest BCUT2D eigenvalue weighted by atomic mass is 9.96. The second kappa shape index (κ2) is 7.96. The smallest absolute Gasteiger partial charge is 0.223 e. The standard InChI is InChI=1S/C18H22N2O6/c1-10(22)20-15-16(23)17(24-2)14(9-21)26-18(15)25-13-5-3-4-11-6-7-19-8-12(11)13/h3-8,14-18,21,23H,9H2,1-2H3,(H,20,22). The summed E-state index contributed by atoms with van der Waals surface area (Å²) < 4.78 is 17.0. The number of ether oxygens (including phenoxy) is 3. The van der Waals surface area contributed by atoms with E-state index in [1.54, 1.807) is 18.5 Å². The predicted octanol–water partition coefficient (Wildman–Crippen LogP) is 0.211. The number of fused-ring (bicyclic) bond motifs is 1. The number of pyridine rings is 1. The van der Waals surface area contributed by atoms with Crippen molar-refractivity contribution in [2.24, 2.45) is 0 Å². The maximum absolute atomic E-state index is 11.6. The zero-order valence-corrected chi connectivity index (χ0v) is 14.5. The summed E-state index contributed by atoms with van der Waals surface area (Å²) in [5, 5.41) is 24.5. The fourth-order valence-electron chi connectivity index (χ4n) is 3.16. The van der Waals surface area contributed by atoms with E-state index >= 15 is 0 Å². The lowest BCUT2D eigenvalue weighted by molar-refractivity contribution is -0.249. The summed E-state index contributed by atoms with van der Waals surface area (Å²) in [5.41, 5.74) is 0.